The lowest BCUT2D eigenvalue weighted by Gasteiger charge is -2.29. The van der Waals surface area contributed by atoms with Gasteiger partial charge in [0.25, 0.3) is 0 Å². The molecular formula is C51H37N. The summed E-state index contributed by atoms with van der Waals surface area (Å²) in [6.07, 6.45) is 0. The Balaban J connectivity index is 1.13. The Morgan fingerprint density at radius 1 is 0.365 bits per heavy atom. The number of fused-ring (bicyclic) bond motifs is 7. The molecule has 0 N–H and O–H groups in total. The van der Waals surface area contributed by atoms with Crippen LogP contribution in [0.4, 0.5) is 17.1 Å². The second-order valence-electron chi connectivity index (χ2n) is 14.6. The van der Waals surface area contributed by atoms with Crippen LogP contribution in [0.1, 0.15) is 25.0 Å². The maximum atomic E-state index is 2.45. The number of nitrogens with zero attached hydrogens (tertiary/aromatic N) is 1. The zero-order chi connectivity index (χ0) is 34.8. The van der Waals surface area contributed by atoms with Crippen LogP contribution in [0.25, 0.3) is 65.7 Å². The molecule has 246 valence electrons. The van der Waals surface area contributed by atoms with Crippen LogP contribution in [0.5, 0.6) is 0 Å². The first-order chi connectivity index (χ1) is 25.5. The highest BCUT2D eigenvalue weighted by atomic mass is 15.1. The van der Waals surface area contributed by atoms with E-state index in [0.717, 1.165) is 11.4 Å². The van der Waals surface area contributed by atoms with Crippen LogP contribution in [0.15, 0.2) is 188 Å². The SMILES string of the molecule is CC1(C)c2ccccc2-c2c(N(c3ccc(-c4ccc5ccccc5c4)cc3)c3ccc(-c4cc5ccccc5c5ccccc45)cc3)cccc21. The van der Waals surface area contributed by atoms with Gasteiger partial charge >= 0.3 is 0 Å². The van der Waals surface area contributed by atoms with Crippen LogP contribution in [0.2, 0.25) is 0 Å². The third-order valence-corrected chi connectivity index (χ3v) is 11.2. The van der Waals surface area contributed by atoms with Crippen molar-refractivity contribution in [3.8, 4) is 33.4 Å². The molecule has 0 heterocycles. The van der Waals surface area contributed by atoms with Gasteiger partial charge in [-0.1, -0.05) is 159 Å². The third-order valence-electron chi connectivity index (χ3n) is 11.2. The Kier molecular flexibility index (Phi) is 6.91. The molecule has 0 aliphatic heterocycles. The second kappa shape index (κ2) is 11.8. The topological polar surface area (TPSA) is 3.24 Å². The highest BCUT2D eigenvalue weighted by Crippen LogP contribution is 2.54. The lowest BCUT2D eigenvalue weighted by molar-refractivity contribution is 0.660. The normalized spacial score (nSPS) is 13.0. The Labute approximate surface area is 305 Å². The third kappa shape index (κ3) is 4.77. The fraction of sp³-hybridized carbons (Fsp3) is 0.0588. The Morgan fingerprint density at radius 3 is 1.71 bits per heavy atom. The van der Waals surface area contributed by atoms with Gasteiger partial charge in [-0.25, -0.2) is 0 Å². The summed E-state index contributed by atoms with van der Waals surface area (Å²) < 4.78 is 0. The van der Waals surface area contributed by atoms with Crippen LogP contribution >= 0.6 is 0 Å². The van der Waals surface area contributed by atoms with Crippen LogP contribution in [0, 0.1) is 0 Å². The Bertz CT molecular complexity index is 2810. The molecular weight excluding hydrogens is 627 g/mol. The summed E-state index contributed by atoms with van der Waals surface area (Å²) in [5.41, 5.74) is 13.6. The zero-order valence-electron chi connectivity index (χ0n) is 29.3. The van der Waals surface area contributed by atoms with Crippen molar-refractivity contribution in [2.24, 2.45) is 0 Å². The van der Waals surface area contributed by atoms with Crippen molar-refractivity contribution in [3.63, 3.8) is 0 Å². The van der Waals surface area contributed by atoms with Gasteiger partial charge in [0, 0.05) is 22.4 Å². The minimum atomic E-state index is -0.0887. The maximum Gasteiger partial charge on any atom is 0.0543 e. The number of rotatable bonds is 5. The van der Waals surface area contributed by atoms with E-state index in [1.165, 1.54) is 82.5 Å². The van der Waals surface area contributed by atoms with E-state index in [0.29, 0.717) is 0 Å². The molecule has 1 nitrogen and oxygen atoms in total. The average molecular weight is 664 g/mol. The minimum absolute atomic E-state index is 0.0887. The van der Waals surface area contributed by atoms with E-state index in [1.54, 1.807) is 0 Å². The summed E-state index contributed by atoms with van der Waals surface area (Å²) in [5, 5.41) is 7.62. The van der Waals surface area contributed by atoms with Crippen molar-refractivity contribution in [2.75, 3.05) is 4.90 Å². The van der Waals surface area contributed by atoms with Crippen molar-refractivity contribution < 1.29 is 0 Å². The standard InChI is InChI=1S/C51H37N/c1-51(2)47-19-10-9-18-45(47)50-48(51)20-11-21-49(50)52(40-28-24-35(25-29-40)38-23-22-34-12-3-4-13-37(34)32-38)41-30-26-36(27-31-41)46-33-39-14-5-6-15-42(39)43-16-7-8-17-44(43)46/h3-33H,1-2H3. The molecule has 52 heavy (non-hydrogen) atoms. The summed E-state index contributed by atoms with van der Waals surface area (Å²) in [5.74, 6) is 0. The Morgan fingerprint density at radius 2 is 0.942 bits per heavy atom. The van der Waals surface area contributed by atoms with Gasteiger partial charge in [0.15, 0.2) is 0 Å². The van der Waals surface area contributed by atoms with Crippen LogP contribution < -0.4 is 4.90 Å². The molecule has 0 saturated heterocycles. The molecule has 0 atom stereocenters. The first-order valence-electron chi connectivity index (χ1n) is 18.2. The molecule has 0 fully saturated rings. The zero-order valence-corrected chi connectivity index (χ0v) is 29.3. The van der Waals surface area contributed by atoms with E-state index in [9.17, 15) is 0 Å². The van der Waals surface area contributed by atoms with E-state index in [4.69, 9.17) is 0 Å². The molecule has 0 aromatic heterocycles. The smallest absolute Gasteiger partial charge is 0.0543 e. The fourth-order valence-corrected chi connectivity index (χ4v) is 8.60. The monoisotopic (exact) mass is 663 g/mol. The van der Waals surface area contributed by atoms with E-state index in [-0.39, 0.29) is 5.41 Å². The van der Waals surface area contributed by atoms with Gasteiger partial charge in [0.2, 0.25) is 0 Å². The van der Waals surface area contributed by atoms with Gasteiger partial charge in [-0.2, -0.15) is 0 Å². The van der Waals surface area contributed by atoms with E-state index >= 15 is 0 Å². The second-order valence-corrected chi connectivity index (χ2v) is 14.6. The summed E-state index contributed by atoms with van der Waals surface area (Å²) in [7, 11) is 0. The largest absolute Gasteiger partial charge is 0.310 e. The molecule has 0 saturated carbocycles. The van der Waals surface area contributed by atoms with E-state index in [1.807, 2.05) is 0 Å². The van der Waals surface area contributed by atoms with Crippen molar-refractivity contribution in [2.45, 2.75) is 19.3 Å². The summed E-state index contributed by atoms with van der Waals surface area (Å²) >= 11 is 0. The molecule has 1 aliphatic carbocycles. The molecule has 1 heteroatoms. The first kappa shape index (κ1) is 30.4. The number of benzene rings is 9. The molecule has 0 unspecified atom stereocenters. The maximum absolute atomic E-state index is 2.45. The predicted octanol–water partition coefficient (Wildman–Crippen LogP) is 14.3. The van der Waals surface area contributed by atoms with Gasteiger partial charge in [-0.3, -0.25) is 0 Å². The molecule has 10 rings (SSSR count). The highest BCUT2D eigenvalue weighted by molar-refractivity contribution is 6.13. The Hall–Kier alpha value is -6.44. The van der Waals surface area contributed by atoms with Crippen LogP contribution in [-0.4, -0.2) is 0 Å². The number of hydrogen-bond acceptors (Lipinski definition) is 1. The molecule has 0 bridgehead atoms. The molecule has 1 aliphatic rings. The lowest BCUT2D eigenvalue weighted by atomic mass is 9.82. The van der Waals surface area contributed by atoms with Gasteiger partial charge in [0.05, 0.1) is 5.69 Å². The van der Waals surface area contributed by atoms with Gasteiger partial charge in [0.1, 0.15) is 0 Å². The number of anilines is 3. The quantitative estimate of drug-likeness (QED) is 0.166. The summed E-state index contributed by atoms with van der Waals surface area (Å²) in [6, 6.07) is 69.2. The van der Waals surface area contributed by atoms with E-state index in [2.05, 4.69) is 207 Å². The molecule has 0 amide bonds. The number of hydrogen-bond donors (Lipinski definition) is 0. The minimum Gasteiger partial charge on any atom is -0.310 e. The summed E-state index contributed by atoms with van der Waals surface area (Å²) in [6.45, 7) is 4.71. The van der Waals surface area contributed by atoms with Crippen LogP contribution in [-0.2, 0) is 5.41 Å². The molecule has 0 spiro atoms. The van der Waals surface area contributed by atoms with Crippen LogP contribution in [0.3, 0.4) is 0 Å². The lowest BCUT2D eigenvalue weighted by Crippen LogP contribution is -2.16. The van der Waals surface area contributed by atoms with Gasteiger partial charge in [-0.15, -0.1) is 0 Å². The first-order valence-corrected chi connectivity index (χ1v) is 18.2. The van der Waals surface area contributed by atoms with Crippen molar-refractivity contribution >= 4 is 49.4 Å². The average Bonchev–Trinajstić information content (AvgIpc) is 3.44. The summed E-state index contributed by atoms with van der Waals surface area (Å²) in [4.78, 5) is 2.45. The van der Waals surface area contributed by atoms with Crippen molar-refractivity contribution in [1.82, 2.24) is 0 Å². The molecule has 0 radical (unpaired) electrons. The molecule has 9 aromatic rings. The van der Waals surface area contributed by atoms with E-state index < -0.39 is 0 Å². The molecule has 9 aromatic carbocycles. The predicted molar refractivity (Wildman–Crippen MR) is 222 cm³/mol. The van der Waals surface area contributed by atoms with Gasteiger partial charge < -0.3 is 4.90 Å². The fourth-order valence-electron chi connectivity index (χ4n) is 8.60. The van der Waals surface area contributed by atoms with Crippen molar-refractivity contribution in [3.05, 3.63) is 199 Å². The van der Waals surface area contributed by atoms with Crippen molar-refractivity contribution in [1.29, 1.82) is 0 Å². The van der Waals surface area contributed by atoms with Gasteiger partial charge in [-0.05, 0) is 114 Å². The highest BCUT2D eigenvalue weighted by Gasteiger charge is 2.37.